The Morgan fingerprint density at radius 1 is 1.14 bits per heavy atom. The van der Waals surface area contributed by atoms with Crippen LogP contribution in [-0.4, -0.2) is 12.1 Å². The molecule has 0 aliphatic rings. The summed E-state index contributed by atoms with van der Waals surface area (Å²) in [4.78, 5) is 11.8. The number of carbonyl (C=O) groups excluding carboxylic acids is 1. The van der Waals surface area contributed by atoms with Crippen LogP contribution in [0.4, 0.5) is 26.3 Å². The number of hydrogen-bond donors (Lipinski definition) is 0. The number of hydrogen-bond acceptors (Lipinski definition) is 2. The van der Waals surface area contributed by atoms with Gasteiger partial charge in [0, 0.05) is 0 Å². The highest BCUT2D eigenvalue weighted by atomic mass is 19.4. The maximum absolute atomic E-state index is 12.8. The van der Waals surface area contributed by atoms with Gasteiger partial charge in [0.2, 0.25) is 0 Å². The lowest BCUT2D eigenvalue weighted by Crippen LogP contribution is -2.20. The number of rotatable bonds is 4. The van der Waals surface area contributed by atoms with Crippen LogP contribution in [0.3, 0.4) is 0 Å². The maximum atomic E-state index is 12.8. The molecule has 1 aromatic rings. The molecule has 0 aliphatic heterocycles. The molecule has 0 saturated heterocycles. The van der Waals surface area contributed by atoms with Crippen molar-refractivity contribution in [2.24, 2.45) is 0 Å². The van der Waals surface area contributed by atoms with Gasteiger partial charge in [-0.2, -0.15) is 26.3 Å². The van der Waals surface area contributed by atoms with Gasteiger partial charge in [-0.1, -0.05) is 13.3 Å². The van der Waals surface area contributed by atoms with Crippen molar-refractivity contribution in [2.75, 3.05) is 0 Å². The van der Waals surface area contributed by atoms with Crippen molar-refractivity contribution in [3.05, 3.63) is 34.9 Å². The second-order valence-electron chi connectivity index (χ2n) is 4.76. The molecule has 0 N–H and O–H groups in total. The summed E-state index contributed by atoms with van der Waals surface area (Å²) < 4.78 is 81.1. The van der Waals surface area contributed by atoms with Crippen molar-refractivity contribution in [1.29, 1.82) is 0 Å². The Hall–Kier alpha value is -1.73. The number of carbonyl (C=O) groups is 1. The lowest BCUT2D eigenvalue weighted by Gasteiger charge is -2.17. The highest BCUT2D eigenvalue weighted by Crippen LogP contribution is 2.36. The zero-order valence-corrected chi connectivity index (χ0v) is 11.8. The van der Waals surface area contributed by atoms with E-state index in [4.69, 9.17) is 4.74 Å². The minimum absolute atomic E-state index is 0.170. The first kappa shape index (κ1) is 18.3. The molecule has 0 aliphatic carbocycles. The highest BCUT2D eigenvalue weighted by molar-refractivity contribution is 5.91. The number of alkyl halides is 6. The molecule has 0 saturated carbocycles. The molecular weight excluding hydrogens is 314 g/mol. The fourth-order valence-corrected chi connectivity index (χ4v) is 1.85. The summed E-state index contributed by atoms with van der Waals surface area (Å²) in [5.74, 6) is -1.42. The van der Waals surface area contributed by atoms with Crippen molar-refractivity contribution in [2.45, 2.75) is 45.1 Å². The summed E-state index contributed by atoms with van der Waals surface area (Å²) in [7, 11) is 0. The number of esters is 1. The fraction of sp³-hybridized carbons (Fsp3) is 0.500. The minimum atomic E-state index is -4.95. The van der Waals surface area contributed by atoms with E-state index in [1.807, 2.05) is 0 Å². The van der Waals surface area contributed by atoms with E-state index >= 15 is 0 Å². The van der Waals surface area contributed by atoms with E-state index < -0.39 is 41.1 Å². The molecule has 0 bridgehead atoms. The first-order chi connectivity index (χ1) is 9.96. The van der Waals surface area contributed by atoms with E-state index in [0.717, 1.165) is 0 Å². The van der Waals surface area contributed by atoms with Crippen molar-refractivity contribution in [3.63, 3.8) is 0 Å². The van der Waals surface area contributed by atoms with Gasteiger partial charge in [-0.3, -0.25) is 0 Å². The van der Waals surface area contributed by atoms with Crippen molar-refractivity contribution in [1.82, 2.24) is 0 Å². The molecule has 8 heteroatoms. The third kappa shape index (κ3) is 4.64. The van der Waals surface area contributed by atoms with Crippen LogP contribution in [-0.2, 0) is 17.1 Å². The molecule has 1 atom stereocenters. The topological polar surface area (TPSA) is 26.3 Å². The van der Waals surface area contributed by atoms with E-state index in [0.29, 0.717) is 12.8 Å². The SMILES string of the molecule is CCCC(C)OC(=O)c1cc(C(F)(F)F)ccc1C(F)(F)F. The molecule has 1 rings (SSSR count). The molecular formula is C14H14F6O2. The lowest BCUT2D eigenvalue weighted by atomic mass is 10.0. The van der Waals surface area contributed by atoms with Gasteiger partial charge < -0.3 is 4.74 Å². The van der Waals surface area contributed by atoms with Crippen molar-refractivity contribution >= 4 is 5.97 Å². The van der Waals surface area contributed by atoms with Crippen LogP contribution >= 0.6 is 0 Å². The van der Waals surface area contributed by atoms with E-state index in [1.54, 1.807) is 6.92 Å². The first-order valence-corrected chi connectivity index (χ1v) is 6.46. The van der Waals surface area contributed by atoms with Crippen LogP contribution in [0.1, 0.15) is 48.2 Å². The molecule has 0 aromatic heterocycles. The summed E-state index contributed by atoms with van der Waals surface area (Å²) in [5.41, 5.74) is -3.92. The summed E-state index contributed by atoms with van der Waals surface area (Å²) in [6.45, 7) is 3.23. The molecule has 0 heterocycles. The molecule has 124 valence electrons. The minimum Gasteiger partial charge on any atom is -0.459 e. The average molecular weight is 328 g/mol. The normalized spacial score (nSPS) is 13.8. The summed E-state index contributed by atoms with van der Waals surface area (Å²) in [6.07, 6.45) is -9.48. The third-order valence-corrected chi connectivity index (χ3v) is 2.88. The maximum Gasteiger partial charge on any atom is 0.417 e. The van der Waals surface area contributed by atoms with Crippen LogP contribution in [0.2, 0.25) is 0 Å². The number of ether oxygens (including phenoxy) is 1. The first-order valence-electron chi connectivity index (χ1n) is 6.46. The Morgan fingerprint density at radius 3 is 2.18 bits per heavy atom. The Morgan fingerprint density at radius 2 is 1.73 bits per heavy atom. The van der Waals surface area contributed by atoms with Crippen LogP contribution in [0.15, 0.2) is 18.2 Å². The van der Waals surface area contributed by atoms with Gasteiger partial charge in [0.25, 0.3) is 0 Å². The number of halogens is 6. The Bertz CT molecular complexity index is 533. The molecule has 2 nitrogen and oxygen atoms in total. The van der Waals surface area contributed by atoms with Crippen LogP contribution in [0, 0.1) is 0 Å². The molecule has 22 heavy (non-hydrogen) atoms. The average Bonchev–Trinajstić information content (AvgIpc) is 2.36. The predicted octanol–water partition coefficient (Wildman–Crippen LogP) is 5.07. The standard InChI is InChI=1S/C14H14F6O2/c1-3-4-8(2)22-12(21)10-7-9(13(15,16)17)5-6-11(10)14(18,19)20/h5-8H,3-4H2,1-2H3. The van der Waals surface area contributed by atoms with Crippen LogP contribution in [0.5, 0.6) is 0 Å². The molecule has 0 radical (unpaired) electrons. The quantitative estimate of drug-likeness (QED) is 0.570. The van der Waals surface area contributed by atoms with Gasteiger partial charge in [0.1, 0.15) is 0 Å². The fourth-order valence-electron chi connectivity index (χ4n) is 1.85. The number of benzene rings is 1. The van der Waals surface area contributed by atoms with E-state index in [2.05, 4.69) is 0 Å². The van der Waals surface area contributed by atoms with Crippen molar-refractivity contribution in [3.8, 4) is 0 Å². The smallest absolute Gasteiger partial charge is 0.417 e. The Kier molecular flexibility index (Phi) is 5.48. The largest absolute Gasteiger partial charge is 0.459 e. The van der Waals surface area contributed by atoms with E-state index in [9.17, 15) is 31.1 Å². The van der Waals surface area contributed by atoms with Gasteiger partial charge >= 0.3 is 18.3 Å². The molecule has 1 aromatic carbocycles. The third-order valence-electron chi connectivity index (χ3n) is 2.88. The lowest BCUT2D eigenvalue weighted by molar-refractivity contribution is -0.141. The van der Waals surface area contributed by atoms with Gasteiger partial charge in [-0.15, -0.1) is 0 Å². The van der Waals surface area contributed by atoms with Gasteiger partial charge in [0.15, 0.2) is 0 Å². The monoisotopic (exact) mass is 328 g/mol. The van der Waals surface area contributed by atoms with Gasteiger partial charge in [-0.05, 0) is 31.5 Å². The predicted molar refractivity (Wildman–Crippen MR) is 66.2 cm³/mol. The molecule has 0 fully saturated rings. The Balaban J connectivity index is 3.25. The summed E-state index contributed by atoms with van der Waals surface area (Å²) in [5, 5.41) is 0. The molecule has 1 unspecified atom stereocenters. The second-order valence-corrected chi connectivity index (χ2v) is 4.76. The zero-order valence-electron chi connectivity index (χ0n) is 11.8. The van der Waals surface area contributed by atoms with Crippen LogP contribution < -0.4 is 0 Å². The summed E-state index contributed by atoms with van der Waals surface area (Å²) >= 11 is 0. The van der Waals surface area contributed by atoms with Crippen molar-refractivity contribution < 1.29 is 35.9 Å². The summed E-state index contributed by atoms with van der Waals surface area (Å²) in [6, 6.07) is 0.697. The van der Waals surface area contributed by atoms with E-state index in [-0.39, 0.29) is 18.2 Å². The van der Waals surface area contributed by atoms with Gasteiger partial charge in [-0.25, -0.2) is 4.79 Å². The van der Waals surface area contributed by atoms with Gasteiger partial charge in [0.05, 0.1) is 22.8 Å². The van der Waals surface area contributed by atoms with Crippen LogP contribution in [0.25, 0.3) is 0 Å². The van der Waals surface area contributed by atoms with E-state index in [1.165, 1.54) is 6.92 Å². The molecule has 0 spiro atoms. The molecule has 0 amide bonds. The Labute approximate surface area is 123 Å². The second kappa shape index (κ2) is 6.58. The zero-order chi connectivity index (χ0) is 17.1. The highest BCUT2D eigenvalue weighted by Gasteiger charge is 2.39.